The number of hydrogen-bond donors (Lipinski definition) is 0. The lowest BCUT2D eigenvalue weighted by atomic mass is 10.1. The van der Waals surface area contributed by atoms with Crippen LogP contribution in [0.3, 0.4) is 0 Å². The number of rotatable bonds is 3. The van der Waals surface area contributed by atoms with Gasteiger partial charge in [-0.15, -0.1) is 0 Å². The van der Waals surface area contributed by atoms with Crippen LogP contribution in [0.1, 0.15) is 21.5 Å². The molecule has 0 unspecified atom stereocenters. The fourth-order valence-corrected chi connectivity index (χ4v) is 2.20. The van der Waals surface area contributed by atoms with Crippen LogP contribution in [-0.4, -0.2) is 6.29 Å². The van der Waals surface area contributed by atoms with E-state index < -0.39 is 0 Å². The SMILES string of the molecule is O=Cc1cscc1C=Cc1ccc(Cl)cc1. The molecule has 0 amide bonds. The molecule has 0 saturated carbocycles. The first kappa shape index (κ1) is 11.1. The third-order valence-electron chi connectivity index (χ3n) is 2.18. The van der Waals surface area contributed by atoms with Crippen molar-refractivity contribution in [2.45, 2.75) is 0 Å². The van der Waals surface area contributed by atoms with E-state index in [0.717, 1.165) is 28.0 Å². The van der Waals surface area contributed by atoms with Crippen molar-refractivity contribution in [1.29, 1.82) is 0 Å². The maximum absolute atomic E-state index is 10.7. The highest BCUT2D eigenvalue weighted by Crippen LogP contribution is 2.17. The maximum atomic E-state index is 10.7. The Bertz CT molecular complexity index is 511. The monoisotopic (exact) mass is 248 g/mol. The Kier molecular flexibility index (Phi) is 3.54. The fourth-order valence-electron chi connectivity index (χ4n) is 1.31. The molecule has 2 rings (SSSR count). The maximum Gasteiger partial charge on any atom is 0.151 e. The van der Waals surface area contributed by atoms with Crippen molar-refractivity contribution in [1.82, 2.24) is 0 Å². The van der Waals surface area contributed by atoms with E-state index in [9.17, 15) is 4.79 Å². The average molecular weight is 249 g/mol. The van der Waals surface area contributed by atoms with E-state index in [4.69, 9.17) is 11.6 Å². The minimum atomic E-state index is 0.723. The lowest BCUT2D eigenvalue weighted by Crippen LogP contribution is -1.77. The van der Waals surface area contributed by atoms with Crippen LogP contribution in [0.25, 0.3) is 12.2 Å². The van der Waals surface area contributed by atoms with E-state index in [2.05, 4.69) is 0 Å². The van der Waals surface area contributed by atoms with E-state index >= 15 is 0 Å². The highest BCUT2D eigenvalue weighted by Gasteiger charge is 1.97. The first-order chi connectivity index (χ1) is 7.79. The summed E-state index contributed by atoms with van der Waals surface area (Å²) < 4.78 is 0. The molecule has 1 aromatic carbocycles. The van der Waals surface area contributed by atoms with Gasteiger partial charge in [-0.25, -0.2) is 0 Å². The molecule has 0 aliphatic carbocycles. The zero-order valence-corrected chi connectivity index (χ0v) is 9.96. The molecule has 1 heterocycles. The summed E-state index contributed by atoms with van der Waals surface area (Å²) in [7, 11) is 0. The van der Waals surface area contributed by atoms with E-state index in [1.54, 1.807) is 0 Å². The number of halogens is 1. The Morgan fingerprint density at radius 2 is 1.69 bits per heavy atom. The molecule has 0 fully saturated rings. The molecule has 0 spiro atoms. The Labute approximate surface area is 103 Å². The number of thiophene rings is 1. The Balaban J connectivity index is 2.21. The molecule has 1 nitrogen and oxygen atoms in total. The minimum absolute atomic E-state index is 0.723. The van der Waals surface area contributed by atoms with Crippen molar-refractivity contribution in [2.75, 3.05) is 0 Å². The summed E-state index contributed by atoms with van der Waals surface area (Å²) in [6.45, 7) is 0. The fraction of sp³-hybridized carbons (Fsp3) is 0. The van der Waals surface area contributed by atoms with E-state index in [1.165, 1.54) is 11.3 Å². The summed E-state index contributed by atoms with van der Waals surface area (Å²) in [6, 6.07) is 7.56. The molecule has 1 aromatic heterocycles. The van der Waals surface area contributed by atoms with Gasteiger partial charge in [0.1, 0.15) is 0 Å². The van der Waals surface area contributed by atoms with Crippen LogP contribution in [0.15, 0.2) is 35.0 Å². The Morgan fingerprint density at radius 1 is 1.00 bits per heavy atom. The molecule has 0 aliphatic heterocycles. The zero-order valence-electron chi connectivity index (χ0n) is 8.39. The summed E-state index contributed by atoms with van der Waals surface area (Å²) >= 11 is 7.32. The molecule has 3 heteroatoms. The van der Waals surface area contributed by atoms with Gasteiger partial charge in [0.05, 0.1) is 0 Å². The van der Waals surface area contributed by atoms with Gasteiger partial charge in [0.2, 0.25) is 0 Å². The van der Waals surface area contributed by atoms with Crippen LogP contribution >= 0.6 is 22.9 Å². The molecular formula is C13H9ClOS. The lowest BCUT2D eigenvalue weighted by molar-refractivity contribution is 0.112. The molecule has 0 bridgehead atoms. The van der Waals surface area contributed by atoms with Gasteiger partial charge < -0.3 is 0 Å². The molecular weight excluding hydrogens is 240 g/mol. The van der Waals surface area contributed by atoms with Gasteiger partial charge in [0.25, 0.3) is 0 Å². The predicted molar refractivity (Wildman–Crippen MR) is 70.1 cm³/mol. The quantitative estimate of drug-likeness (QED) is 0.737. The van der Waals surface area contributed by atoms with Gasteiger partial charge in [0, 0.05) is 16.0 Å². The average Bonchev–Trinajstić information content (AvgIpc) is 2.76. The van der Waals surface area contributed by atoms with Gasteiger partial charge in [-0.3, -0.25) is 4.79 Å². The van der Waals surface area contributed by atoms with Crippen molar-refractivity contribution in [3.63, 3.8) is 0 Å². The van der Waals surface area contributed by atoms with E-state index in [-0.39, 0.29) is 0 Å². The largest absolute Gasteiger partial charge is 0.298 e. The highest BCUT2D eigenvalue weighted by molar-refractivity contribution is 7.08. The number of hydrogen-bond acceptors (Lipinski definition) is 2. The molecule has 0 aliphatic rings. The van der Waals surface area contributed by atoms with Crippen LogP contribution < -0.4 is 0 Å². The zero-order chi connectivity index (χ0) is 11.4. The van der Waals surface area contributed by atoms with Crippen LogP contribution in [0, 0.1) is 0 Å². The first-order valence-electron chi connectivity index (χ1n) is 4.74. The second-order valence-corrected chi connectivity index (χ2v) is 4.47. The molecule has 16 heavy (non-hydrogen) atoms. The molecule has 0 radical (unpaired) electrons. The summed E-state index contributed by atoms with van der Waals surface area (Å²) in [5, 5.41) is 4.52. The van der Waals surface area contributed by atoms with Crippen LogP contribution in [0.4, 0.5) is 0 Å². The smallest absolute Gasteiger partial charge is 0.151 e. The molecule has 0 N–H and O–H groups in total. The van der Waals surface area contributed by atoms with Gasteiger partial charge in [-0.05, 0) is 28.6 Å². The van der Waals surface area contributed by atoms with E-state index in [1.807, 2.05) is 47.2 Å². The number of aldehydes is 1. The van der Waals surface area contributed by atoms with Crippen molar-refractivity contribution in [3.8, 4) is 0 Å². The standard InChI is InChI=1S/C13H9ClOS/c14-13-5-2-10(3-6-13)1-4-11-8-16-9-12(11)7-15/h1-9H. The summed E-state index contributed by atoms with van der Waals surface area (Å²) in [5.74, 6) is 0. The topological polar surface area (TPSA) is 17.1 Å². The van der Waals surface area contributed by atoms with Gasteiger partial charge in [0.15, 0.2) is 6.29 Å². The van der Waals surface area contributed by atoms with Crippen LogP contribution in [0.2, 0.25) is 5.02 Å². The molecule has 80 valence electrons. The molecule has 0 saturated heterocycles. The lowest BCUT2D eigenvalue weighted by Gasteiger charge is -1.93. The van der Waals surface area contributed by atoms with E-state index in [0.29, 0.717) is 0 Å². The minimum Gasteiger partial charge on any atom is -0.298 e. The molecule has 2 aromatic rings. The number of carbonyl (C=O) groups is 1. The summed E-state index contributed by atoms with van der Waals surface area (Å²) in [5.41, 5.74) is 2.75. The second kappa shape index (κ2) is 5.10. The van der Waals surface area contributed by atoms with Gasteiger partial charge in [-0.1, -0.05) is 35.9 Å². The van der Waals surface area contributed by atoms with Crippen molar-refractivity contribution >= 4 is 41.4 Å². The number of benzene rings is 1. The summed E-state index contributed by atoms with van der Waals surface area (Å²) in [6.07, 6.45) is 4.77. The van der Waals surface area contributed by atoms with Crippen molar-refractivity contribution in [3.05, 3.63) is 56.7 Å². The highest BCUT2D eigenvalue weighted by atomic mass is 35.5. The second-order valence-electron chi connectivity index (χ2n) is 3.29. The number of carbonyl (C=O) groups excluding carboxylic acids is 1. The van der Waals surface area contributed by atoms with Gasteiger partial charge >= 0.3 is 0 Å². The predicted octanol–water partition coefficient (Wildman–Crippen LogP) is 4.38. The third-order valence-corrected chi connectivity index (χ3v) is 3.21. The Morgan fingerprint density at radius 3 is 2.38 bits per heavy atom. The van der Waals surface area contributed by atoms with Gasteiger partial charge in [-0.2, -0.15) is 11.3 Å². The Hall–Kier alpha value is -1.38. The van der Waals surface area contributed by atoms with Crippen molar-refractivity contribution < 1.29 is 4.79 Å². The van der Waals surface area contributed by atoms with Crippen LogP contribution in [0.5, 0.6) is 0 Å². The third kappa shape index (κ3) is 2.60. The summed E-state index contributed by atoms with van der Waals surface area (Å²) in [4.78, 5) is 10.7. The first-order valence-corrected chi connectivity index (χ1v) is 6.06. The van der Waals surface area contributed by atoms with Crippen LogP contribution in [-0.2, 0) is 0 Å². The molecule has 0 atom stereocenters. The normalized spacial score (nSPS) is 10.8. The van der Waals surface area contributed by atoms with Crippen molar-refractivity contribution in [2.24, 2.45) is 0 Å².